The van der Waals surface area contributed by atoms with E-state index in [1.54, 1.807) is 23.1 Å². The number of ether oxygens (including phenoxy) is 3. The third-order valence-electron chi connectivity index (χ3n) is 4.66. The molecule has 4 rings (SSSR count). The Kier molecular flexibility index (Phi) is 4.58. The van der Waals surface area contributed by atoms with Crippen LogP contribution in [0.4, 0.5) is 10.5 Å². The van der Waals surface area contributed by atoms with Crippen LogP contribution in [0.25, 0.3) is 0 Å². The summed E-state index contributed by atoms with van der Waals surface area (Å²) in [7, 11) is 0. The highest BCUT2D eigenvalue weighted by molar-refractivity contribution is 5.95. The van der Waals surface area contributed by atoms with E-state index in [9.17, 15) is 9.59 Å². The van der Waals surface area contributed by atoms with Crippen molar-refractivity contribution in [1.29, 1.82) is 0 Å². The van der Waals surface area contributed by atoms with Gasteiger partial charge in [-0.25, -0.2) is 4.79 Å². The predicted octanol–water partition coefficient (Wildman–Crippen LogP) is 2.73. The smallest absolute Gasteiger partial charge is 0.414 e. The molecule has 0 bridgehead atoms. The van der Waals surface area contributed by atoms with E-state index < -0.39 is 12.2 Å². The van der Waals surface area contributed by atoms with Gasteiger partial charge in [-0.1, -0.05) is 19.1 Å². The average Bonchev–Trinajstić information content (AvgIpc) is 3.31. The number of amides is 2. The van der Waals surface area contributed by atoms with Gasteiger partial charge in [-0.05, 0) is 42.3 Å². The Labute approximate surface area is 156 Å². The van der Waals surface area contributed by atoms with Crippen molar-refractivity contribution in [2.24, 2.45) is 0 Å². The van der Waals surface area contributed by atoms with Gasteiger partial charge in [-0.15, -0.1) is 0 Å². The molecule has 7 nitrogen and oxygen atoms in total. The van der Waals surface area contributed by atoms with E-state index >= 15 is 0 Å². The number of aryl methyl sites for hydroxylation is 1. The number of nitrogens with one attached hydrogen (secondary N) is 1. The number of nitrogens with zero attached hydrogens (tertiary/aromatic N) is 1. The van der Waals surface area contributed by atoms with Gasteiger partial charge in [-0.3, -0.25) is 9.69 Å². The summed E-state index contributed by atoms with van der Waals surface area (Å²) < 4.78 is 15.9. The lowest BCUT2D eigenvalue weighted by Gasteiger charge is -2.13. The first-order valence-electron chi connectivity index (χ1n) is 8.89. The highest BCUT2D eigenvalue weighted by atomic mass is 16.7. The molecule has 0 saturated carbocycles. The summed E-state index contributed by atoms with van der Waals surface area (Å²) in [6, 6.07) is 12.8. The largest absolute Gasteiger partial charge is 0.454 e. The van der Waals surface area contributed by atoms with Crippen LogP contribution >= 0.6 is 0 Å². The van der Waals surface area contributed by atoms with Crippen molar-refractivity contribution in [2.45, 2.75) is 19.4 Å². The van der Waals surface area contributed by atoms with Crippen molar-refractivity contribution >= 4 is 17.7 Å². The first-order valence-corrected chi connectivity index (χ1v) is 8.89. The Morgan fingerprint density at radius 1 is 1.15 bits per heavy atom. The normalized spacial score (nSPS) is 17.7. The molecule has 1 unspecified atom stereocenters. The molecule has 1 fully saturated rings. The van der Waals surface area contributed by atoms with E-state index in [0.29, 0.717) is 23.6 Å². The average molecular weight is 368 g/mol. The zero-order valence-corrected chi connectivity index (χ0v) is 14.9. The summed E-state index contributed by atoms with van der Waals surface area (Å²) in [5.41, 5.74) is 2.47. The molecule has 1 N–H and O–H groups in total. The molecular weight excluding hydrogens is 348 g/mol. The fourth-order valence-electron chi connectivity index (χ4n) is 3.10. The molecule has 2 aromatic rings. The van der Waals surface area contributed by atoms with Crippen molar-refractivity contribution in [1.82, 2.24) is 5.32 Å². The van der Waals surface area contributed by atoms with Gasteiger partial charge < -0.3 is 19.5 Å². The number of benzene rings is 2. The van der Waals surface area contributed by atoms with E-state index in [0.717, 1.165) is 12.1 Å². The fourth-order valence-corrected chi connectivity index (χ4v) is 3.10. The standard InChI is InChI=1S/C20H20N2O5/c1-2-13-3-6-15(7-4-13)22-11-16(27-20(22)24)10-21-19(23)14-5-8-17-18(9-14)26-12-25-17/h3-9,16H,2,10-12H2,1H3,(H,21,23). The Hall–Kier alpha value is -3.22. The lowest BCUT2D eigenvalue weighted by Crippen LogP contribution is -2.34. The van der Waals surface area contributed by atoms with E-state index in [2.05, 4.69) is 12.2 Å². The molecule has 140 valence electrons. The summed E-state index contributed by atoms with van der Waals surface area (Å²) in [5.74, 6) is 0.924. The molecule has 7 heteroatoms. The molecule has 2 aliphatic heterocycles. The third kappa shape index (κ3) is 3.53. The summed E-state index contributed by atoms with van der Waals surface area (Å²) in [5, 5.41) is 2.80. The second-order valence-corrected chi connectivity index (χ2v) is 6.41. The third-order valence-corrected chi connectivity index (χ3v) is 4.66. The minimum absolute atomic E-state index is 0.160. The molecule has 1 atom stereocenters. The minimum atomic E-state index is -0.402. The number of anilines is 1. The maximum atomic E-state index is 12.3. The van der Waals surface area contributed by atoms with Crippen LogP contribution in [0.5, 0.6) is 11.5 Å². The van der Waals surface area contributed by atoms with E-state index in [1.165, 1.54) is 5.56 Å². The topological polar surface area (TPSA) is 77.1 Å². The Bertz CT molecular complexity index is 865. The van der Waals surface area contributed by atoms with E-state index in [-0.39, 0.29) is 19.2 Å². The molecule has 27 heavy (non-hydrogen) atoms. The van der Waals surface area contributed by atoms with Gasteiger partial charge in [0.1, 0.15) is 6.10 Å². The van der Waals surface area contributed by atoms with Gasteiger partial charge in [0.25, 0.3) is 5.91 Å². The monoisotopic (exact) mass is 368 g/mol. The quantitative estimate of drug-likeness (QED) is 0.878. The number of hydrogen-bond acceptors (Lipinski definition) is 5. The Morgan fingerprint density at radius 2 is 1.93 bits per heavy atom. The minimum Gasteiger partial charge on any atom is -0.454 e. The van der Waals surface area contributed by atoms with Gasteiger partial charge >= 0.3 is 6.09 Å². The van der Waals surface area contributed by atoms with Crippen molar-refractivity contribution in [3.8, 4) is 11.5 Å². The lowest BCUT2D eigenvalue weighted by molar-refractivity contribution is 0.0915. The number of cyclic esters (lactones) is 1. The van der Waals surface area contributed by atoms with Crippen LogP contribution in [-0.2, 0) is 11.2 Å². The van der Waals surface area contributed by atoms with Gasteiger partial charge in [-0.2, -0.15) is 0 Å². The number of rotatable bonds is 5. The van der Waals surface area contributed by atoms with Gasteiger partial charge in [0.15, 0.2) is 11.5 Å². The second kappa shape index (κ2) is 7.19. The number of carbonyl (C=O) groups excluding carboxylic acids is 2. The number of fused-ring (bicyclic) bond motifs is 1. The van der Waals surface area contributed by atoms with Crippen molar-refractivity contribution in [3.05, 3.63) is 53.6 Å². The summed E-state index contributed by atoms with van der Waals surface area (Å²) in [6.07, 6.45) is 0.141. The van der Waals surface area contributed by atoms with Crippen LogP contribution < -0.4 is 19.7 Å². The summed E-state index contributed by atoms with van der Waals surface area (Å²) in [4.78, 5) is 26.1. The van der Waals surface area contributed by atoms with Crippen LogP contribution in [0.3, 0.4) is 0 Å². The van der Waals surface area contributed by atoms with Crippen LogP contribution in [-0.4, -0.2) is 38.0 Å². The molecule has 0 spiro atoms. The molecule has 2 heterocycles. The SMILES string of the molecule is CCc1ccc(N2CC(CNC(=O)c3ccc4c(c3)OCO4)OC2=O)cc1. The Balaban J connectivity index is 1.35. The summed E-state index contributed by atoms with van der Waals surface area (Å²) >= 11 is 0. The molecule has 2 aromatic carbocycles. The first-order chi connectivity index (χ1) is 13.1. The molecule has 0 aliphatic carbocycles. The lowest BCUT2D eigenvalue weighted by atomic mass is 10.1. The molecule has 2 aliphatic rings. The molecular formula is C20H20N2O5. The zero-order valence-electron chi connectivity index (χ0n) is 14.9. The zero-order chi connectivity index (χ0) is 18.8. The van der Waals surface area contributed by atoms with Crippen LogP contribution in [0.15, 0.2) is 42.5 Å². The predicted molar refractivity (Wildman–Crippen MR) is 98.3 cm³/mol. The molecule has 2 amide bonds. The number of hydrogen-bond donors (Lipinski definition) is 1. The Morgan fingerprint density at radius 3 is 2.70 bits per heavy atom. The van der Waals surface area contributed by atoms with Crippen LogP contribution in [0.2, 0.25) is 0 Å². The highest BCUT2D eigenvalue weighted by Gasteiger charge is 2.32. The fraction of sp³-hybridized carbons (Fsp3) is 0.300. The molecule has 1 saturated heterocycles. The van der Waals surface area contributed by atoms with Crippen molar-refractivity contribution in [2.75, 3.05) is 24.8 Å². The first kappa shape index (κ1) is 17.2. The molecule has 0 radical (unpaired) electrons. The van der Waals surface area contributed by atoms with E-state index in [1.807, 2.05) is 24.3 Å². The van der Waals surface area contributed by atoms with Crippen molar-refractivity contribution < 1.29 is 23.8 Å². The van der Waals surface area contributed by atoms with Crippen LogP contribution in [0.1, 0.15) is 22.8 Å². The van der Waals surface area contributed by atoms with Crippen LogP contribution in [0, 0.1) is 0 Å². The maximum absolute atomic E-state index is 12.3. The van der Waals surface area contributed by atoms with Gasteiger partial charge in [0.05, 0.1) is 13.1 Å². The maximum Gasteiger partial charge on any atom is 0.414 e. The van der Waals surface area contributed by atoms with Gasteiger partial charge in [0.2, 0.25) is 6.79 Å². The number of carbonyl (C=O) groups is 2. The molecule has 0 aromatic heterocycles. The second-order valence-electron chi connectivity index (χ2n) is 6.41. The van der Waals surface area contributed by atoms with Crippen molar-refractivity contribution in [3.63, 3.8) is 0 Å². The van der Waals surface area contributed by atoms with E-state index in [4.69, 9.17) is 14.2 Å². The highest BCUT2D eigenvalue weighted by Crippen LogP contribution is 2.32. The van der Waals surface area contributed by atoms with Gasteiger partial charge in [0, 0.05) is 11.3 Å². The summed E-state index contributed by atoms with van der Waals surface area (Å²) in [6.45, 7) is 2.87.